The first-order valence-electron chi connectivity index (χ1n) is 6.98. The van der Waals surface area contributed by atoms with Gasteiger partial charge in [0.15, 0.2) is 0 Å². The molecule has 21 heavy (non-hydrogen) atoms. The van der Waals surface area contributed by atoms with Crippen molar-refractivity contribution in [2.75, 3.05) is 52.4 Å². The summed E-state index contributed by atoms with van der Waals surface area (Å²) in [7, 11) is 3.22. The van der Waals surface area contributed by atoms with Gasteiger partial charge in [0.25, 0.3) is 0 Å². The summed E-state index contributed by atoms with van der Waals surface area (Å²) in [5.74, 6) is 0.783. The zero-order chi connectivity index (χ0) is 15.5. The normalized spacial score (nSPS) is 10.2. The number of urea groups is 1. The fraction of sp³-hybridized carbons (Fsp3) is 0.533. The summed E-state index contributed by atoms with van der Waals surface area (Å²) in [6.45, 7) is 4.55. The lowest BCUT2D eigenvalue weighted by Gasteiger charge is -2.22. The molecule has 2 amide bonds. The predicted octanol–water partition coefficient (Wildman–Crippen LogP) is 2.21. The van der Waals surface area contributed by atoms with E-state index in [0.717, 1.165) is 11.4 Å². The van der Waals surface area contributed by atoms with Gasteiger partial charge in [-0.2, -0.15) is 0 Å². The van der Waals surface area contributed by atoms with Gasteiger partial charge in [-0.15, -0.1) is 0 Å². The van der Waals surface area contributed by atoms with E-state index >= 15 is 0 Å². The molecule has 0 bridgehead atoms. The molecule has 0 heterocycles. The molecule has 118 valence electrons. The van der Waals surface area contributed by atoms with Crippen LogP contribution in [0.5, 0.6) is 5.75 Å². The zero-order valence-corrected chi connectivity index (χ0v) is 12.9. The van der Waals surface area contributed by atoms with E-state index in [0.29, 0.717) is 32.9 Å². The molecule has 0 radical (unpaired) electrons. The Hall–Kier alpha value is -1.79. The van der Waals surface area contributed by atoms with Crippen LogP contribution in [0.2, 0.25) is 0 Å². The van der Waals surface area contributed by atoms with Crippen LogP contribution >= 0.6 is 0 Å². The number of hydrogen-bond donors (Lipinski definition) is 1. The summed E-state index contributed by atoms with van der Waals surface area (Å²) < 4.78 is 15.4. The number of methoxy groups -OCH3 is 2. The lowest BCUT2D eigenvalue weighted by Crippen LogP contribution is -2.39. The molecular formula is C15H24N2O4. The number of carbonyl (C=O) groups is 1. The molecule has 1 aromatic rings. The number of carbonyl (C=O) groups excluding carboxylic acids is 1. The van der Waals surface area contributed by atoms with Gasteiger partial charge in [-0.3, -0.25) is 0 Å². The van der Waals surface area contributed by atoms with Gasteiger partial charge in [0.2, 0.25) is 0 Å². The van der Waals surface area contributed by atoms with Crippen molar-refractivity contribution in [3.63, 3.8) is 0 Å². The Kier molecular flexibility index (Phi) is 8.23. The summed E-state index contributed by atoms with van der Waals surface area (Å²) >= 11 is 0. The summed E-state index contributed by atoms with van der Waals surface area (Å²) in [6, 6.07) is 7.11. The van der Waals surface area contributed by atoms with Crippen LogP contribution in [0.4, 0.5) is 10.5 Å². The highest BCUT2D eigenvalue weighted by molar-refractivity contribution is 5.89. The van der Waals surface area contributed by atoms with Crippen LogP contribution in [-0.4, -0.2) is 58.1 Å². The second-order valence-electron chi connectivity index (χ2n) is 4.36. The van der Waals surface area contributed by atoms with E-state index in [2.05, 4.69) is 5.32 Å². The van der Waals surface area contributed by atoms with Crippen LogP contribution in [-0.2, 0) is 9.47 Å². The number of amides is 2. The Morgan fingerprint density at radius 2 is 1.67 bits per heavy atom. The van der Waals surface area contributed by atoms with E-state index in [1.807, 2.05) is 31.2 Å². The minimum Gasteiger partial charge on any atom is -0.494 e. The number of anilines is 1. The monoisotopic (exact) mass is 296 g/mol. The zero-order valence-electron chi connectivity index (χ0n) is 12.9. The minimum atomic E-state index is -0.173. The van der Waals surface area contributed by atoms with E-state index < -0.39 is 0 Å². The molecule has 0 saturated heterocycles. The third-order valence-electron chi connectivity index (χ3n) is 2.83. The van der Waals surface area contributed by atoms with Gasteiger partial charge in [-0.05, 0) is 31.2 Å². The van der Waals surface area contributed by atoms with E-state index in [9.17, 15) is 4.79 Å². The molecule has 1 aromatic carbocycles. The molecule has 0 aliphatic carbocycles. The fourth-order valence-corrected chi connectivity index (χ4v) is 1.72. The highest BCUT2D eigenvalue weighted by Crippen LogP contribution is 2.16. The maximum atomic E-state index is 12.2. The highest BCUT2D eigenvalue weighted by Gasteiger charge is 2.13. The minimum absolute atomic E-state index is 0.173. The van der Waals surface area contributed by atoms with E-state index in [1.165, 1.54) is 0 Å². The fourth-order valence-electron chi connectivity index (χ4n) is 1.72. The predicted molar refractivity (Wildman–Crippen MR) is 82.0 cm³/mol. The van der Waals surface area contributed by atoms with Gasteiger partial charge in [0.05, 0.1) is 19.8 Å². The van der Waals surface area contributed by atoms with Gasteiger partial charge >= 0.3 is 6.03 Å². The van der Waals surface area contributed by atoms with Crippen LogP contribution in [0.25, 0.3) is 0 Å². The molecule has 6 heteroatoms. The summed E-state index contributed by atoms with van der Waals surface area (Å²) in [5.41, 5.74) is 0.725. The van der Waals surface area contributed by atoms with E-state index in [1.54, 1.807) is 19.1 Å². The molecular weight excluding hydrogens is 272 g/mol. The molecule has 0 unspecified atom stereocenters. The van der Waals surface area contributed by atoms with Crippen LogP contribution < -0.4 is 10.1 Å². The molecule has 0 aliphatic rings. The summed E-state index contributed by atoms with van der Waals surface area (Å²) in [5, 5.41) is 2.85. The van der Waals surface area contributed by atoms with Gasteiger partial charge < -0.3 is 24.4 Å². The van der Waals surface area contributed by atoms with Crippen molar-refractivity contribution in [2.45, 2.75) is 6.92 Å². The van der Waals surface area contributed by atoms with Crippen molar-refractivity contribution in [3.05, 3.63) is 24.3 Å². The van der Waals surface area contributed by atoms with E-state index in [-0.39, 0.29) is 6.03 Å². The molecule has 1 rings (SSSR count). The second-order valence-corrected chi connectivity index (χ2v) is 4.36. The van der Waals surface area contributed by atoms with Crippen molar-refractivity contribution >= 4 is 11.7 Å². The van der Waals surface area contributed by atoms with Crippen molar-refractivity contribution < 1.29 is 19.0 Å². The largest absolute Gasteiger partial charge is 0.494 e. The number of benzene rings is 1. The maximum Gasteiger partial charge on any atom is 0.321 e. The molecule has 0 spiro atoms. The lowest BCUT2D eigenvalue weighted by atomic mass is 10.3. The van der Waals surface area contributed by atoms with E-state index in [4.69, 9.17) is 14.2 Å². The number of nitrogens with zero attached hydrogens (tertiary/aromatic N) is 1. The number of rotatable bonds is 9. The molecule has 0 aliphatic heterocycles. The van der Waals surface area contributed by atoms with Crippen LogP contribution in [0.3, 0.4) is 0 Å². The first-order valence-corrected chi connectivity index (χ1v) is 6.98. The second kappa shape index (κ2) is 10.0. The smallest absolute Gasteiger partial charge is 0.321 e. The standard InChI is InChI=1S/C15H24N2O4/c1-4-21-14-7-5-13(6-8-14)16-15(18)17(9-11-19-2)10-12-20-3/h5-8H,4,9-12H2,1-3H3,(H,16,18). The molecule has 0 saturated carbocycles. The third-order valence-corrected chi connectivity index (χ3v) is 2.83. The van der Waals surface area contributed by atoms with Crippen molar-refractivity contribution in [1.82, 2.24) is 4.90 Å². The van der Waals surface area contributed by atoms with Crippen molar-refractivity contribution in [3.8, 4) is 5.75 Å². The molecule has 1 N–H and O–H groups in total. The average Bonchev–Trinajstić information content (AvgIpc) is 2.49. The van der Waals surface area contributed by atoms with Crippen LogP contribution in [0.15, 0.2) is 24.3 Å². The van der Waals surface area contributed by atoms with Gasteiger partial charge in [-0.1, -0.05) is 0 Å². The van der Waals surface area contributed by atoms with Crippen LogP contribution in [0, 0.1) is 0 Å². The van der Waals surface area contributed by atoms with Crippen LogP contribution in [0.1, 0.15) is 6.92 Å². The third kappa shape index (κ3) is 6.46. The SMILES string of the molecule is CCOc1ccc(NC(=O)N(CCOC)CCOC)cc1. The average molecular weight is 296 g/mol. The summed E-state index contributed by atoms with van der Waals surface area (Å²) in [6.07, 6.45) is 0. The Balaban J connectivity index is 2.57. The Morgan fingerprint density at radius 1 is 1.10 bits per heavy atom. The number of ether oxygens (including phenoxy) is 3. The number of nitrogens with one attached hydrogen (secondary N) is 1. The molecule has 6 nitrogen and oxygen atoms in total. The Morgan fingerprint density at radius 3 is 2.14 bits per heavy atom. The first-order chi connectivity index (χ1) is 10.2. The Bertz CT molecular complexity index is 401. The van der Waals surface area contributed by atoms with Gasteiger partial charge in [-0.25, -0.2) is 4.79 Å². The maximum absolute atomic E-state index is 12.2. The Labute approximate surface area is 126 Å². The lowest BCUT2D eigenvalue weighted by molar-refractivity contribution is 0.127. The summed E-state index contributed by atoms with van der Waals surface area (Å²) in [4.78, 5) is 13.9. The highest BCUT2D eigenvalue weighted by atomic mass is 16.5. The topological polar surface area (TPSA) is 60.0 Å². The van der Waals surface area contributed by atoms with Crippen molar-refractivity contribution in [1.29, 1.82) is 0 Å². The molecule has 0 fully saturated rings. The quantitative estimate of drug-likeness (QED) is 0.759. The first kappa shape index (κ1) is 17.3. The van der Waals surface area contributed by atoms with Crippen molar-refractivity contribution in [2.24, 2.45) is 0 Å². The van der Waals surface area contributed by atoms with Gasteiger partial charge in [0.1, 0.15) is 5.75 Å². The number of hydrogen-bond acceptors (Lipinski definition) is 4. The molecule has 0 aromatic heterocycles. The van der Waals surface area contributed by atoms with Gasteiger partial charge in [0, 0.05) is 33.0 Å². The molecule has 0 atom stereocenters.